The summed E-state index contributed by atoms with van der Waals surface area (Å²) in [6.07, 6.45) is 4.43. The molecule has 0 aliphatic rings. The molecule has 2 heterocycles. The second kappa shape index (κ2) is 5.63. The van der Waals surface area contributed by atoms with Gasteiger partial charge >= 0.3 is 0 Å². The second-order valence-corrected chi connectivity index (χ2v) is 5.39. The number of aliphatic hydroxyl groups is 1. The summed E-state index contributed by atoms with van der Waals surface area (Å²) < 4.78 is 1.58. The van der Waals surface area contributed by atoms with Crippen LogP contribution >= 0.6 is 11.3 Å². The fraction of sp³-hybridized carbons (Fsp3) is 0.538. The van der Waals surface area contributed by atoms with E-state index in [1.165, 1.54) is 11.3 Å². The maximum absolute atomic E-state index is 12.4. The molecule has 1 N–H and O–H groups in total. The van der Waals surface area contributed by atoms with Crippen LogP contribution in [0.3, 0.4) is 0 Å². The third-order valence-corrected chi connectivity index (χ3v) is 4.20. The molecular formula is C13H18N2O2S. The zero-order valence-corrected chi connectivity index (χ0v) is 11.5. The van der Waals surface area contributed by atoms with Crippen LogP contribution in [-0.2, 0) is 0 Å². The number of nitrogens with zero attached hydrogens (tertiary/aromatic N) is 2. The molecule has 0 unspecified atom stereocenters. The van der Waals surface area contributed by atoms with Crippen molar-refractivity contribution in [3.8, 4) is 0 Å². The Morgan fingerprint density at radius 1 is 1.56 bits per heavy atom. The number of aryl methyl sites for hydroxylation is 1. The summed E-state index contributed by atoms with van der Waals surface area (Å²) in [6.45, 7) is 4.00. The van der Waals surface area contributed by atoms with Crippen molar-refractivity contribution in [3.05, 3.63) is 27.6 Å². The molecule has 0 radical (unpaired) electrons. The topological polar surface area (TPSA) is 55.1 Å². The molecule has 2 aromatic rings. The van der Waals surface area contributed by atoms with Crippen molar-refractivity contribution >= 4 is 21.6 Å². The summed E-state index contributed by atoms with van der Waals surface area (Å²) in [4.78, 5) is 17.5. The van der Waals surface area contributed by atoms with E-state index in [4.69, 9.17) is 0 Å². The Morgan fingerprint density at radius 2 is 2.33 bits per heavy atom. The summed E-state index contributed by atoms with van der Waals surface area (Å²) >= 11 is 1.49. The number of aliphatic hydroxyl groups excluding tert-OH is 1. The second-order valence-electron chi connectivity index (χ2n) is 4.53. The van der Waals surface area contributed by atoms with E-state index in [1.54, 1.807) is 10.9 Å². The van der Waals surface area contributed by atoms with E-state index >= 15 is 0 Å². The van der Waals surface area contributed by atoms with E-state index in [0.29, 0.717) is 5.39 Å². The first-order chi connectivity index (χ1) is 8.69. The van der Waals surface area contributed by atoms with Gasteiger partial charge in [0, 0.05) is 0 Å². The minimum atomic E-state index is -0.159. The molecule has 4 nitrogen and oxygen atoms in total. The normalized spacial score (nSPS) is 13.1. The lowest BCUT2D eigenvalue weighted by Gasteiger charge is -2.16. The maximum Gasteiger partial charge on any atom is 0.262 e. The Balaban J connectivity index is 2.46. The number of rotatable bonds is 5. The van der Waals surface area contributed by atoms with Gasteiger partial charge in [-0.1, -0.05) is 19.8 Å². The molecule has 18 heavy (non-hydrogen) atoms. The van der Waals surface area contributed by atoms with Crippen LogP contribution in [0.1, 0.15) is 37.8 Å². The molecule has 2 rings (SSSR count). The van der Waals surface area contributed by atoms with Crippen molar-refractivity contribution in [1.82, 2.24) is 9.55 Å². The van der Waals surface area contributed by atoms with E-state index in [1.807, 2.05) is 12.3 Å². The van der Waals surface area contributed by atoms with Crippen LogP contribution in [0.5, 0.6) is 0 Å². The summed E-state index contributed by atoms with van der Waals surface area (Å²) in [5, 5.41) is 12.1. The minimum absolute atomic E-state index is 0.0176. The highest BCUT2D eigenvalue weighted by molar-refractivity contribution is 7.16. The average molecular weight is 266 g/mol. The van der Waals surface area contributed by atoms with Crippen molar-refractivity contribution in [3.63, 3.8) is 0 Å². The Kier molecular flexibility index (Phi) is 4.14. The Hall–Kier alpha value is -1.20. The van der Waals surface area contributed by atoms with Gasteiger partial charge < -0.3 is 5.11 Å². The number of hydrogen-bond acceptors (Lipinski definition) is 4. The number of aromatic nitrogens is 2. The molecule has 0 fully saturated rings. The Morgan fingerprint density at radius 3 is 3.00 bits per heavy atom. The number of fused-ring (bicyclic) bond motifs is 1. The number of thiophene rings is 1. The molecule has 0 aliphatic heterocycles. The van der Waals surface area contributed by atoms with Gasteiger partial charge in [0.25, 0.3) is 5.56 Å². The van der Waals surface area contributed by atoms with Gasteiger partial charge in [-0.15, -0.1) is 11.3 Å². The van der Waals surface area contributed by atoms with Crippen LogP contribution in [0, 0.1) is 6.92 Å². The van der Waals surface area contributed by atoms with Gasteiger partial charge in [-0.2, -0.15) is 0 Å². The molecule has 98 valence electrons. The predicted molar refractivity (Wildman–Crippen MR) is 74.3 cm³/mol. The van der Waals surface area contributed by atoms with Crippen LogP contribution < -0.4 is 5.56 Å². The molecule has 1 atom stereocenters. The van der Waals surface area contributed by atoms with Crippen LogP contribution in [0.15, 0.2) is 16.5 Å². The molecule has 5 heteroatoms. The van der Waals surface area contributed by atoms with Crippen molar-refractivity contribution < 1.29 is 5.11 Å². The van der Waals surface area contributed by atoms with E-state index < -0.39 is 0 Å². The van der Waals surface area contributed by atoms with Crippen molar-refractivity contribution in [1.29, 1.82) is 0 Å². The molecule has 0 saturated heterocycles. The summed E-state index contributed by atoms with van der Waals surface area (Å²) in [5.74, 6) is 0. The fourth-order valence-corrected chi connectivity index (χ4v) is 2.98. The molecule has 0 aromatic carbocycles. The van der Waals surface area contributed by atoms with E-state index in [-0.39, 0.29) is 18.2 Å². The van der Waals surface area contributed by atoms with Gasteiger partial charge in [0.15, 0.2) is 0 Å². The average Bonchev–Trinajstić information content (AvgIpc) is 2.75. The maximum atomic E-state index is 12.4. The summed E-state index contributed by atoms with van der Waals surface area (Å²) in [6, 6.07) is -0.159. The van der Waals surface area contributed by atoms with Crippen molar-refractivity contribution in [2.75, 3.05) is 6.61 Å². The third-order valence-electron chi connectivity index (χ3n) is 3.20. The standard InChI is InChI=1S/C13H18N2O2S/c1-3-4-5-10(6-16)15-8-14-12-11(13(15)17)9(2)7-18-12/h7-8,10,16H,3-6H2,1-2H3/t10-/m1/s1. The minimum Gasteiger partial charge on any atom is -0.394 e. The zero-order chi connectivity index (χ0) is 13.1. The highest BCUT2D eigenvalue weighted by atomic mass is 32.1. The lowest BCUT2D eigenvalue weighted by Crippen LogP contribution is -2.27. The van der Waals surface area contributed by atoms with E-state index in [2.05, 4.69) is 11.9 Å². The van der Waals surface area contributed by atoms with Gasteiger partial charge in [0.05, 0.1) is 24.4 Å². The quantitative estimate of drug-likeness (QED) is 0.904. The first-order valence-corrected chi connectivity index (χ1v) is 7.12. The van der Waals surface area contributed by atoms with Gasteiger partial charge in [0.2, 0.25) is 0 Å². The monoisotopic (exact) mass is 266 g/mol. The lowest BCUT2D eigenvalue weighted by molar-refractivity contribution is 0.215. The van der Waals surface area contributed by atoms with Crippen molar-refractivity contribution in [2.24, 2.45) is 0 Å². The first kappa shape index (κ1) is 13.2. The number of hydrogen-bond donors (Lipinski definition) is 1. The smallest absolute Gasteiger partial charge is 0.262 e. The van der Waals surface area contributed by atoms with Crippen molar-refractivity contribution in [2.45, 2.75) is 39.2 Å². The van der Waals surface area contributed by atoms with Crippen LogP contribution in [0.4, 0.5) is 0 Å². The van der Waals surface area contributed by atoms with Crippen LogP contribution in [0.2, 0.25) is 0 Å². The summed E-state index contributed by atoms with van der Waals surface area (Å²) in [5.41, 5.74) is 0.933. The largest absolute Gasteiger partial charge is 0.394 e. The fourth-order valence-electron chi connectivity index (χ4n) is 2.10. The highest BCUT2D eigenvalue weighted by Gasteiger charge is 2.15. The first-order valence-electron chi connectivity index (χ1n) is 6.24. The Bertz CT molecular complexity index is 588. The molecular weight excluding hydrogens is 248 g/mol. The lowest BCUT2D eigenvalue weighted by atomic mass is 10.1. The summed E-state index contributed by atoms with van der Waals surface area (Å²) in [7, 11) is 0. The van der Waals surface area contributed by atoms with Gasteiger partial charge in [0.1, 0.15) is 4.83 Å². The van der Waals surface area contributed by atoms with E-state index in [0.717, 1.165) is 29.7 Å². The third kappa shape index (κ3) is 2.33. The van der Waals surface area contributed by atoms with Gasteiger partial charge in [-0.05, 0) is 24.3 Å². The van der Waals surface area contributed by atoms with Gasteiger partial charge in [-0.3, -0.25) is 9.36 Å². The van der Waals surface area contributed by atoms with Crippen LogP contribution in [0.25, 0.3) is 10.2 Å². The highest BCUT2D eigenvalue weighted by Crippen LogP contribution is 2.21. The predicted octanol–water partition coefficient (Wildman–Crippen LogP) is 2.49. The molecule has 0 aliphatic carbocycles. The number of unbranched alkanes of at least 4 members (excludes halogenated alkanes) is 1. The molecule has 2 aromatic heterocycles. The molecule has 0 spiro atoms. The molecule has 0 bridgehead atoms. The molecule has 0 amide bonds. The van der Waals surface area contributed by atoms with Gasteiger partial charge in [-0.25, -0.2) is 4.98 Å². The zero-order valence-electron chi connectivity index (χ0n) is 10.7. The van der Waals surface area contributed by atoms with Crippen LogP contribution in [-0.4, -0.2) is 21.3 Å². The molecule has 0 saturated carbocycles. The van der Waals surface area contributed by atoms with E-state index in [9.17, 15) is 9.90 Å². The Labute approximate surface area is 110 Å². The SMILES string of the molecule is CCCC[C@H](CO)n1cnc2scc(C)c2c1=O.